The molecule has 4 nitrogen and oxygen atoms in total. The number of anilines is 2. The summed E-state index contributed by atoms with van der Waals surface area (Å²) in [5.41, 5.74) is 1.86. The number of pyridine rings is 1. The number of hydrogen-bond donors (Lipinski definition) is 1. The topological polar surface area (TPSA) is 36.2 Å². The fourth-order valence-electron chi connectivity index (χ4n) is 1.80. The SMILES string of the molecule is CN(C)c1cc[n+](CC(=O)Nc2ccc(Br)cc2Br)cc1. The summed E-state index contributed by atoms with van der Waals surface area (Å²) in [6.45, 7) is 0.274. The molecule has 1 aromatic heterocycles. The molecule has 0 bridgehead atoms. The lowest BCUT2D eigenvalue weighted by atomic mass is 10.3. The Bertz CT molecular complexity index is 642. The van der Waals surface area contributed by atoms with E-state index >= 15 is 0 Å². The lowest BCUT2D eigenvalue weighted by Gasteiger charge is -2.10. The maximum absolute atomic E-state index is 12.1. The minimum Gasteiger partial charge on any atom is -0.377 e. The predicted octanol–water partition coefficient (Wildman–Crippen LogP) is 3.20. The molecule has 110 valence electrons. The summed E-state index contributed by atoms with van der Waals surface area (Å²) < 4.78 is 3.65. The second-order valence-corrected chi connectivity index (χ2v) is 6.57. The summed E-state index contributed by atoms with van der Waals surface area (Å²) >= 11 is 6.81. The van der Waals surface area contributed by atoms with Crippen molar-refractivity contribution in [1.29, 1.82) is 0 Å². The molecule has 1 N–H and O–H groups in total. The Morgan fingerprint density at radius 1 is 1.19 bits per heavy atom. The molecule has 2 rings (SSSR count). The third-order valence-corrected chi connectivity index (χ3v) is 4.07. The van der Waals surface area contributed by atoms with Gasteiger partial charge >= 0.3 is 0 Å². The third-order valence-electron chi connectivity index (χ3n) is 2.92. The van der Waals surface area contributed by atoms with E-state index in [0.717, 1.165) is 20.3 Å². The van der Waals surface area contributed by atoms with E-state index in [-0.39, 0.29) is 12.5 Å². The molecule has 0 radical (unpaired) electrons. The van der Waals surface area contributed by atoms with Crippen LogP contribution in [0.2, 0.25) is 0 Å². The van der Waals surface area contributed by atoms with Gasteiger partial charge < -0.3 is 10.2 Å². The highest BCUT2D eigenvalue weighted by molar-refractivity contribution is 9.11. The highest BCUT2D eigenvalue weighted by Gasteiger charge is 2.11. The quantitative estimate of drug-likeness (QED) is 0.781. The van der Waals surface area contributed by atoms with Crippen molar-refractivity contribution in [2.45, 2.75) is 6.54 Å². The van der Waals surface area contributed by atoms with Gasteiger partial charge in [-0.05, 0) is 34.1 Å². The van der Waals surface area contributed by atoms with Crippen LogP contribution in [0.15, 0.2) is 51.7 Å². The molecule has 1 amide bonds. The lowest BCUT2D eigenvalue weighted by Crippen LogP contribution is -2.39. The van der Waals surface area contributed by atoms with Crippen LogP contribution < -0.4 is 14.8 Å². The number of rotatable bonds is 4. The molecule has 1 aromatic carbocycles. The van der Waals surface area contributed by atoms with Crippen LogP contribution in [-0.4, -0.2) is 20.0 Å². The number of carbonyl (C=O) groups excluding carboxylic acids is 1. The number of halogens is 2. The van der Waals surface area contributed by atoms with Crippen molar-refractivity contribution in [3.63, 3.8) is 0 Å². The molecule has 0 saturated carbocycles. The summed E-state index contributed by atoms with van der Waals surface area (Å²) in [5.74, 6) is -0.0689. The summed E-state index contributed by atoms with van der Waals surface area (Å²) in [4.78, 5) is 14.1. The van der Waals surface area contributed by atoms with Crippen LogP contribution in [0, 0.1) is 0 Å². The van der Waals surface area contributed by atoms with Gasteiger partial charge in [-0.2, -0.15) is 4.57 Å². The minimum atomic E-state index is -0.0689. The zero-order valence-corrected chi connectivity index (χ0v) is 15.0. The van der Waals surface area contributed by atoms with Gasteiger partial charge in [0.05, 0.1) is 5.69 Å². The van der Waals surface area contributed by atoms with Gasteiger partial charge in [-0.25, -0.2) is 0 Å². The number of aromatic nitrogens is 1. The van der Waals surface area contributed by atoms with Gasteiger partial charge in [0.15, 0.2) is 12.4 Å². The van der Waals surface area contributed by atoms with Crippen molar-refractivity contribution in [2.24, 2.45) is 0 Å². The molecule has 0 aliphatic carbocycles. The molecule has 0 unspecified atom stereocenters. The first kappa shape index (κ1) is 16.0. The highest BCUT2D eigenvalue weighted by atomic mass is 79.9. The smallest absolute Gasteiger partial charge is 0.290 e. The first-order chi connectivity index (χ1) is 9.95. The van der Waals surface area contributed by atoms with Crippen molar-refractivity contribution in [1.82, 2.24) is 0 Å². The number of benzene rings is 1. The summed E-state index contributed by atoms with van der Waals surface area (Å²) in [7, 11) is 3.97. The van der Waals surface area contributed by atoms with E-state index < -0.39 is 0 Å². The molecule has 0 fully saturated rings. The fourth-order valence-corrected chi connectivity index (χ4v) is 2.95. The van der Waals surface area contributed by atoms with Gasteiger partial charge in [-0.1, -0.05) is 15.9 Å². The van der Waals surface area contributed by atoms with E-state index in [2.05, 4.69) is 37.2 Å². The second-order valence-electron chi connectivity index (χ2n) is 4.80. The summed E-state index contributed by atoms with van der Waals surface area (Å²) in [6, 6.07) is 9.59. The summed E-state index contributed by atoms with van der Waals surface area (Å²) in [6.07, 6.45) is 3.79. The van der Waals surface area contributed by atoms with Gasteiger partial charge in [0.2, 0.25) is 6.54 Å². The standard InChI is InChI=1S/C15H15Br2N3O/c1-19(2)12-5-7-20(8-6-12)10-15(21)18-14-4-3-11(16)9-13(14)17/h3-9H,10H2,1-2H3/p+1. The van der Waals surface area contributed by atoms with Gasteiger partial charge in [-0.15, -0.1) is 0 Å². The molecule has 2 aromatic rings. The predicted molar refractivity (Wildman–Crippen MR) is 91.4 cm³/mol. The zero-order chi connectivity index (χ0) is 15.4. The van der Waals surface area contributed by atoms with E-state index in [1.165, 1.54) is 0 Å². The van der Waals surface area contributed by atoms with Gasteiger partial charge in [-0.3, -0.25) is 4.79 Å². The van der Waals surface area contributed by atoms with Crippen LogP contribution in [-0.2, 0) is 11.3 Å². The number of nitrogens with zero attached hydrogens (tertiary/aromatic N) is 2. The Balaban J connectivity index is 2.01. The molecule has 21 heavy (non-hydrogen) atoms. The molecular formula is C15H16Br2N3O+. The average Bonchev–Trinajstić information content (AvgIpc) is 2.42. The van der Waals surface area contributed by atoms with Gasteiger partial charge in [0, 0.05) is 40.9 Å². The zero-order valence-electron chi connectivity index (χ0n) is 11.8. The Kier molecular flexibility index (Phi) is 5.36. The molecular weight excluding hydrogens is 398 g/mol. The van der Waals surface area contributed by atoms with Crippen LogP contribution in [0.1, 0.15) is 0 Å². The van der Waals surface area contributed by atoms with E-state index in [0.29, 0.717) is 0 Å². The van der Waals surface area contributed by atoms with Crippen LogP contribution in [0.25, 0.3) is 0 Å². The van der Waals surface area contributed by atoms with E-state index in [9.17, 15) is 4.79 Å². The molecule has 0 aliphatic heterocycles. The number of carbonyl (C=O) groups is 1. The molecule has 6 heteroatoms. The van der Waals surface area contributed by atoms with Gasteiger partial charge in [0.1, 0.15) is 0 Å². The van der Waals surface area contributed by atoms with Crippen LogP contribution in [0.3, 0.4) is 0 Å². The third kappa shape index (κ3) is 4.54. The largest absolute Gasteiger partial charge is 0.377 e. The fraction of sp³-hybridized carbons (Fsp3) is 0.200. The maximum Gasteiger partial charge on any atom is 0.290 e. The van der Waals surface area contributed by atoms with E-state index in [1.54, 1.807) is 0 Å². The molecule has 0 spiro atoms. The van der Waals surface area contributed by atoms with Gasteiger partial charge in [0.25, 0.3) is 5.91 Å². The minimum absolute atomic E-state index is 0.0689. The first-order valence-corrected chi connectivity index (χ1v) is 7.95. The van der Waals surface area contributed by atoms with Crippen molar-refractivity contribution in [3.8, 4) is 0 Å². The number of amides is 1. The number of nitrogens with one attached hydrogen (secondary N) is 1. The van der Waals surface area contributed by atoms with E-state index in [1.807, 2.05) is 66.3 Å². The Labute approximate surface area is 141 Å². The Morgan fingerprint density at radius 3 is 2.43 bits per heavy atom. The van der Waals surface area contributed by atoms with Crippen molar-refractivity contribution in [2.75, 3.05) is 24.3 Å². The first-order valence-electron chi connectivity index (χ1n) is 6.37. The van der Waals surface area contributed by atoms with Crippen molar-refractivity contribution >= 4 is 49.1 Å². The number of hydrogen-bond acceptors (Lipinski definition) is 2. The second kappa shape index (κ2) is 7.04. The van der Waals surface area contributed by atoms with Crippen LogP contribution in [0.4, 0.5) is 11.4 Å². The molecule has 1 heterocycles. The molecule has 0 atom stereocenters. The highest BCUT2D eigenvalue weighted by Crippen LogP contribution is 2.25. The van der Waals surface area contributed by atoms with Crippen LogP contribution in [0.5, 0.6) is 0 Å². The van der Waals surface area contributed by atoms with Crippen molar-refractivity contribution < 1.29 is 9.36 Å². The molecule has 0 saturated heterocycles. The van der Waals surface area contributed by atoms with Crippen molar-refractivity contribution in [3.05, 3.63) is 51.7 Å². The Hall–Kier alpha value is -1.40. The Morgan fingerprint density at radius 2 is 1.86 bits per heavy atom. The van der Waals surface area contributed by atoms with Crippen LogP contribution >= 0.6 is 31.9 Å². The average molecular weight is 414 g/mol. The van der Waals surface area contributed by atoms with E-state index in [4.69, 9.17) is 0 Å². The normalized spacial score (nSPS) is 10.3. The molecule has 0 aliphatic rings. The summed E-state index contributed by atoms with van der Waals surface area (Å²) in [5, 5.41) is 2.89. The maximum atomic E-state index is 12.1. The monoisotopic (exact) mass is 412 g/mol. The lowest BCUT2D eigenvalue weighted by molar-refractivity contribution is -0.684.